The Hall–Kier alpha value is -0.830. The van der Waals surface area contributed by atoms with Gasteiger partial charge in [-0.05, 0) is 13.8 Å². The van der Waals surface area contributed by atoms with E-state index in [1.165, 1.54) is 12.7 Å². The van der Waals surface area contributed by atoms with E-state index in [4.69, 9.17) is 4.74 Å². The predicted octanol–water partition coefficient (Wildman–Crippen LogP) is 1.72. The summed E-state index contributed by atoms with van der Waals surface area (Å²) in [6.45, 7) is 5.67. The van der Waals surface area contributed by atoms with Crippen molar-refractivity contribution in [1.29, 1.82) is 0 Å². The summed E-state index contributed by atoms with van der Waals surface area (Å²) in [5.41, 5.74) is 0. The van der Waals surface area contributed by atoms with Gasteiger partial charge in [-0.15, -0.1) is 0 Å². The molecule has 0 bridgehead atoms. The summed E-state index contributed by atoms with van der Waals surface area (Å²) in [7, 11) is 0. The van der Waals surface area contributed by atoms with Crippen molar-refractivity contribution in [3.8, 4) is 0 Å². The molecule has 1 rings (SSSR count). The van der Waals surface area contributed by atoms with E-state index in [9.17, 15) is 0 Å². The second-order valence-electron chi connectivity index (χ2n) is 1.46. The van der Waals surface area contributed by atoms with Crippen LogP contribution in [0.5, 0.6) is 0 Å². The summed E-state index contributed by atoms with van der Waals surface area (Å²) in [6, 6.07) is 0. The molecular formula is C7H13NO2. The van der Waals surface area contributed by atoms with Gasteiger partial charge in [-0.2, -0.15) is 0 Å². The predicted molar refractivity (Wildman–Crippen MR) is 38.7 cm³/mol. The van der Waals surface area contributed by atoms with Crippen molar-refractivity contribution < 1.29 is 9.15 Å². The summed E-state index contributed by atoms with van der Waals surface area (Å²) in [4.78, 5) is 3.56. The van der Waals surface area contributed by atoms with Crippen molar-refractivity contribution in [2.24, 2.45) is 0 Å². The Morgan fingerprint density at radius 3 is 2.20 bits per heavy atom. The molecule has 0 saturated carbocycles. The Kier molecular flexibility index (Phi) is 7.49. The molecule has 0 aliphatic carbocycles. The molecule has 0 amide bonds. The van der Waals surface area contributed by atoms with Crippen LogP contribution in [0.2, 0.25) is 0 Å². The zero-order valence-corrected chi connectivity index (χ0v) is 6.41. The van der Waals surface area contributed by atoms with Gasteiger partial charge in [-0.25, -0.2) is 4.98 Å². The molecule has 0 radical (unpaired) electrons. The summed E-state index contributed by atoms with van der Waals surface area (Å²) in [6.07, 6.45) is 4.47. The molecule has 10 heavy (non-hydrogen) atoms. The van der Waals surface area contributed by atoms with Crippen molar-refractivity contribution >= 4 is 0 Å². The van der Waals surface area contributed by atoms with Crippen molar-refractivity contribution in [3.05, 3.63) is 18.9 Å². The van der Waals surface area contributed by atoms with Crippen molar-refractivity contribution in [2.75, 3.05) is 13.2 Å². The minimum Gasteiger partial charge on any atom is -0.452 e. The monoisotopic (exact) mass is 143 g/mol. The fourth-order valence-electron chi connectivity index (χ4n) is 0.380. The van der Waals surface area contributed by atoms with Crippen LogP contribution in [0.25, 0.3) is 0 Å². The lowest BCUT2D eigenvalue weighted by atomic mass is 10.8. The molecule has 1 heterocycles. The smallest absolute Gasteiger partial charge is 0.180 e. The molecule has 58 valence electrons. The molecule has 1 aromatic heterocycles. The van der Waals surface area contributed by atoms with Gasteiger partial charge in [0.1, 0.15) is 6.26 Å². The number of hydrogen-bond acceptors (Lipinski definition) is 3. The Morgan fingerprint density at radius 2 is 2.10 bits per heavy atom. The quantitative estimate of drug-likeness (QED) is 0.632. The van der Waals surface area contributed by atoms with E-state index in [1.807, 2.05) is 13.8 Å². The number of hydrogen-bond donors (Lipinski definition) is 0. The van der Waals surface area contributed by atoms with Gasteiger partial charge in [0.05, 0.1) is 6.20 Å². The van der Waals surface area contributed by atoms with E-state index >= 15 is 0 Å². The first-order chi connectivity index (χ1) is 4.91. The van der Waals surface area contributed by atoms with E-state index in [0.29, 0.717) is 0 Å². The van der Waals surface area contributed by atoms with Crippen molar-refractivity contribution in [3.63, 3.8) is 0 Å². The van der Waals surface area contributed by atoms with Crippen LogP contribution in [0, 0.1) is 0 Å². The molecule has 0 fully saturated rings. The standard InChI is InChI=1S/C4H10O.C3H3NO/c1-3-5-4-2;1-2-5-3-4-1/h3-4H2,1-2H3;1-3H. The number of rotatable bonds is 2. The Balaban J connectivity index is 0.000000162. The molecule has 0 aromatic carbocycles. The van der Waals surface area contributed by atoms with Gasteiger partial charge in [0.25, 0.3) is 0 Å². The summed E-state index contributed by atoms with van der Waals surface area (Å²) < 4.78 is 9.31. The highest BCUT2D eigenvalue weighted by Gasteiger charge is 1.64. The van der Waals surface area contributed by atoms with Crippen LogP contribution in [0.3, 0.4) is 0 Å². The van der Waals surface area contributed by atoms with E-state index in [1.54, 1.807) is 6.20 Å². The maximum absolute atomic E-state index is 4.83. The number of nitrogens with zero attached hydrogens (tertiary/aromatic N) is 1. The number of oxazole rings is 1. The van der Waals surface area contributed by atoms with Crippen LogP contribution in [0.15, 0.2) is 23.3 Å². The lowest BCUT2D eigenvalue weighted by Gasteiger charge is -1.86. The van der Waals surface area contributed by atoms with E-state index < -0.39 is 0 Å². The minimum atomic E-state index is 0.844. The summed E-state index contributed by atoms with van der Waals surface area (Å²) in [5, 5.41) is 0. The third kappa shape index (κ3) is 7.17. The molecule has 0 unspecified atom stereocenters. The molecule has 3 heteroatoms. The largest absolute Gasteiger partial charge is 0.452 e. The minimum absolute atomic E-state index is 0.844. The van der Waals surface area contributed by atoms with E-state index in [-0.39, 0.29) is 0 Å². The SMILES string of the molecule is CCOCC.c1cocn1. The van der Waals surface area contributed by atoms with Crippen LogP contribution in [0.1, 0.15) is 13.8 Å². The highest BCUT2D eigenvalue weighted by Crippen LogP contribution is 1.72. The van der Waals surface area contributed by atoms with Crippen LogP contribution in [0.4, 0.5) is 0 Å². The fourth-order valence-corrected chi connectivity index (χ4v) is 0.380. The lowest BCUT2D eigenvalue weighted by molar-refractivity contribution is 0.162. The molecule has 0 spiro atoms. The van der Waals surface area contributed by atoms with Crippen LogP contribution >= 0.6 is 0 Å². The van der Waals surface area contributed by atoms with Gasteiger partial charge in [0, 0.05) is 13.2 Å². The molecule has 0 saturated heterocycles. The maximum Gasteiger partial charge on any atom is 0.180 e. The second-order valence-corrected chi connectivity index (χ2v) is 1.46. The van der Waals surface area contributed by atoms with Crippen molar-refractivity contribution in [2.45, 2.75) is 13.8 Å². The van der Waals surface area contributed by atoms with Gasteiger partial charge < -0.3 is 9.15 Å². The zero-order valence-electron chi connectivity index (χ0n) is 6.41. The summed E-state index contributed by atoms with van der Waals surface area (Å²) in [5.74, 6) is 0. The van der Waals surface area contributed by atoms with E-state index in [0.717, 1.165) is 13.2 Å². The highest BCUT2D eigenvalue weighted by molar-refractivity contribution is 4.56. The third-order valence-electron chi connectivity index (χ3n) is 0.755. The molecule has 3 nitrogen and oxygen atoms in total. The topological polar surface area (TPSA) is 35.3 Å². The van der Waals surface area contributed by atoms with Gasteiger partial charge >= 0.3 is 0 Å². The third-order valence-corrected chi connectivity index (χ3v) is 0.755. The average molecular weight is 143 g/mol. The second kappa shape index (κ2) is 8.17. The van der Waals surface area contributed by atoms with Gasteiger partial charge in [-0.3, -0.25) is 0 Å². The lowest BCUT2D eigenvalue weighted by Crippen LogP contribution is -1.84. The first-order valence-electron chi connectivity index (χ1n) is 3.31. The molecule has 0 aliphatic rings. The fraction of sp³-hybridized carbons (Fsp3) is 0.571. The Morgan fingerprint density at radius 1 is 1.40 bits per heavy atom. The highest BCUT2D eigenvalue weighted by atomic mass is 16.5. The molecular weight excluding hydrogens is 130 g/mol. The molecule has 1 aromatic rings. The normalized spacial score (nSPS) is 8.20. The number of aromatic nitrogens is 1. The zero-order chi connectivity index (χ0) is 7.66. The van der Waals surface area contributed by atoms with E-state index in [2.05, 4.69) is 9.40 Å². The molecule has 0 N–H and O–H groups in total. The van der Waals surface area contributed by atoms with Gasteiger partial charge in [-0.1, -0.05) is 0 Å². The van der Waals surface area contributed by atoms with Crippen LogP contribution in [-0.4, -0.2) is 18.2 Å². The van der Waals surface area contributed by atoms with Crippen molar-refractivity contribution in [1.82, 2.24) is 4.98 Å². The Bertz CT molecular complexity index is 97.9. The average Bonchev–Trinajstić information content (AvgIpc) is 2.44. The molecule has 0 aliphatic heterocycles. The summed E-state index contributed by atoms with van der Waals surface area (Å²) >= 11 is 0. The van der Waals surface area contributed by atoms with Crippen LogP contribution < -0.4 is 0 Å². The van der Waals surface area contributed by atoms with Crippen LogP contribution in [-0.2, 0) is 4.74 Å². The first-order valence-corrected chi connectivity index (χ1v) is 3.31. The van der Waals surface area contributed by atoms with Gasteiger partial charge in [0.15, 0.2) is 6.39 Å². The maximum atomic E-state index is 4.83. The van der Waals surface area contributed by atoms with Gasteiger partial charge in [0.2, 0.25) is 0 Å². The Labute approximate surface area is 61.0 Å². The number of ether oxygens (including phenoxy) is 1. The molecule has 0 atom stereocenters. The first kappa shape index (κ1) is 9.17.